The lowest BCUT2D eigenvalue weighted by Crippen LogP contribution is -2.65. The van der Waals surface area contributed by atoms with Crippen LogP contribution in [0.4, 0.5) is 0 Å². The SMILES string of the molecule is C=C(C=CC=C(CO)C1CCC2(C1O)C1C(=C(C)C=O)C(C=CC1CCO)CC2(O)CCNC)C1(CC=C(C)C)CCCC1. The number of hydrogen-bond donors (Lipinski definition) is 5. The number of rotatable bonds is 13. The second-order valence-electron chi connectivity index (χ2n) is 14.4. The molecule has 1 spiro atoms. The van der Waals surface area contributed by atoms with Crippen molar-refractivity contribution in [2.24, 2.45) is 34.5 Å². The maximum absolute atomic E-state index is 12.6. The Kier molecular flexibility index (Phi) is 11.5. The van der Waals surface area contributed by atoms with Gasteiger partial charge in [0.2, 0.25) is 0 Å². The second-order valence-corrected chi connectivity index (χ2v) is 14.4. The van der Waals surface area contributed by atoms with Gasteiger partial charge >= 0.3 is 0 Å². The fourth-order valence-corrected chi connectivity index (χ4v) is 9.48. The maximum Gasteiger partial charge on any atom is 0.145 e. The summed E-state index contributed by atoms with van der Waals surface area (Å²) < 4.78 is 0. The van der Waals surface area contributed by atoms with Gasteiger partial charge in [-0.2, -0.15) is 0 Å². The minimum atomic E-state index is -1.19. The van der Waals surface area contributed by atoms with Crippen molar-refractivity contribution in [1.29, 1.82) is 0 Å². The van der Waals surface area contributed by atoms with Crippen molar-refractivity contribution in [2.75, 3.05) is 26.8 Å². The third kappa shape index (κ3) is 6.30. The molecule has 0 aromatic heterocycles. The Bertz CT molecular complexity index is 1200. The zero-order chi connectivity index (χ0) is 32.1. The average Bonchev–Trinajstić information content (AvgIpc) is 3.63. The predicted molar refractivity (Wildman–Crippen MR) is 178 cm³/mol. The molecule has 0 aromatic carbocycles. The van der Waals surface area contributed by atoms with E-state index < -0.39 is 17.1 Å². The minimum Gasteiger partial charge on any atom is -0.396 e. The van der Waals surface area contributed by atoms with E-state index in [1.54, 1.807) is 0 Å². The van der Waals surface area contributed by atoms with Crippen LogP contribution in [0.3, 0.4) is 0 Å². The summed E-state index contributed by atoms with van der Waals surface area (Å²) in [5.74, 6) is -0.808. The quantitative estimate of drug-likeness (QED) is 0.0789. The van der Waals surface area contributed by atoms with Gasteiger partial charge in [-0.05, 0) is 120 Å². The van der Waals surface area contributed by atoms with Gasteiger partial charge in [-0.1, -0.05) is 67.0 Å². The third-order valence-electron chi connectivity index (χ3n) is 11.8. The Balaban J connectivity index is 1.71. The van der Waals surface area contributed by atoms with Crippen molar-refractivity contribution < 1.29 is 25.2 Å². The molecular formula is C38H57NO5. The summed E-state index contributed by atoms with van der Waals surface area (Å²) in [6, 6.07) is 0. The van der Waals surface area contributed by atoms with Gasteiger partial charge in [-0.3, -0.25) is 4.79 Å². The van der Waals surface area contributed by atoms with Gasteiger partial charge in [-0.15, -0.1) is 0 Å². The number of nitrogens with one attached hydrogen (secondary N) is 1. The molecule has 7 unspecified atom stereocenters. The molecule has 7 atom stereocenters. The molecule has 0 aromatic rings. The first kappa shape index (κ1) is 34.8. The minimum absolute atomic E-state index is 0.0142. The standard InChI is InChI=1S/C38H57NO5/c1-26(2)13-18-36(16-6-7-17-36)28(4)9-8-10-31(25-42)32-14-19-38(35(32)43)34-29(15-22-40)11-12-30(33(34)27(3)24-41)23-37(38,44)20-21-39-5/h8-13,24,29-30,32,34-35,39-40,42-44H,4,6-7,14-23,25H2,1-3,5H3. The zero-order valence-corrected chi connectivity index (χ0v) is 27.5. The first-order chi connectivity index (χ1) is 21.0. The molecule has 0 radical (unpaired) electrons. The monoisotopic (exact) mass is 607 g/mol. The molecule has 6 heteroatoms. The lowest BCUT2D eigenvalue weighted by atomic mass is 9.45. The third-order valence-corrected chi connectivity index (χ3v) is 11.8. The summed E-state index contributed by atoms with van der Waals surface area (Å²) >= 11 is 0. The van der Waals surface area contributed by atoms with Gasteiger partial charge in [0, 0.05) is 23.9 Å². The number of aldehydes is 1. The van der Waals surface area contributed by atoms with Crippen LogP contribution in [0.1, 0.15) is 85.0 Å². The van der Waals surface area contributed by atoms with Crippen LogP contribution in [0.15, 0.2) is 70.9 Å². The van der Waals surface area contributed by atoms with Crippen LogP contribution in [0.25, 0.3) is 0 Å². The molecule has 44 heavy (non-hydrogen) atoms. The van der Waals surface area contributed by atoms with Crippen molar-refractivity contribution in [3.8, 4) is 0 Å². The molecule has 2 bridgehead atoms. The second kappa shape index (κ2) is 14.6. The average molecular weight is 608 g/mol. The molecular weight excluding hydrogens is 550 g/mol. The maximum atomic E-state index is 12.6. The van der Waals surface area contributed by atoms with Gasteiger partial charge in [0.1, 0.15) is 6.29 Å². The van der Waals surface area contributed by atoms with Crippen LogP contribution in [0, 0.1) is 34.5 Å². The van der Waals surface area contributed by atoms with E-state index in [-0.39, 0.29) is 42.3 Å². The molecule has 0 heterocycles. The van der Waals surface area contributed by atoms with Crippen LogP contribution < -0.4 is 5.32 Å². The largest absolute Gasteiger partial charge is 0.396 e. The van der Waals surface area contributed by atoms with Crippen molar-refractivity contribution in [3.63, 3.8) is 0 Å². The number of hydrogen-bond acceptors (Lipinski definition) is 6. The summed E-state index contributed by atoms with van der Waals surface area (Å²) in [6.45, 7) is 11.0. The van der Waals surface area contributed by atoms with Gasteiger partial charge in [0.15, 0.2) is 0 Å². The molecule has 4 aliphatic carbocycles. The van der Waals surface area contributed by atoms with Crippen LogP contribution in [-0.2, 0) is 4.79 Å². The number of aliphatic hydroxyl groups is 4. The Morgan fingerprint density at radius 2 is 1.86 bits per heavy atom. The van der Waals surface area contributed by atoms with Gasteiger partial charge in [0.05, 0.1) is 18.3 Å². The smallest absolute Gasteiger partial charge is 0.145 e. The highest BCUT2D eigenvalue weighted by atomic mass is 16.3. The zero-order valence-electron chi connectivity index (χ0n) is 27.5. The molecule has 5 N–H and O–H groups in total. The molecule has 3 saturated carbocycles. The summed E-state index contributed by atoms with van der Waals surface area (Å²) in [7, 11) is 1.87. The Morgan fingerprint density at radius 3 is 2.48 bits per heavy atom. The topological polar surface area (TPSA) is 110 Å². The van der Waals surface area contributed by atoms with Gasteiger partial charge in [-0.25, -0.2) is 0 Å². The summed E-state index contributed by atoms with van der Waals surface area (Å²) in [5, 5.41) is 48.9. The summed E-state index contributed by atoms with van der Waals surface area (Å²) in [6.07, 6.45) is 20.8. The highest BCUT2D eigenvalue weighted by molar-refractivity contribution is 5.74. The first-order valence-electron chi connectivity index (χ1n) is 16.8. The van der Waals surface area contributed by atoms with E-state index in [4.69, 9.17) is 0 Å². The normalized spacial score (nSPS) is 35.8. The molecule has 4 rings (SSSR count). The fraction of sp³-hybridized carbons (Fsp3) is 0.658. The molecule has 244 valence electrons. The highest BCUT2D eigenvalue weighted by Gasteiger charge is 2.68. The van der Waals surface area contributed by atoms with E-state index in [1.807, 2.05) is 26.1 Å². The fourth-order valence-electron chi connectivity index (χ4n) is 9.48. The lowest BCUT2D eigenvalue weighted by Gasteiger charge is -2.61. The number of aliphatic hydroxyl groups excluding tert-OH is 3. The van der Waals surface area contributed by atoms with Crippen LogP contribution in [-0.4, -0.2) is 65.2 Å². The molecule has 3 fully saturated rings. The van der Waals surface area contributed by atoms with E-state index in [0.29, 0.717) is 44.2 Å². The molecule has 0 amide bonds. The number of fused-ring (bicyclic) bond motifs is 3. The summed E-state index contributed by atoms with van der Waals surface area (Å²) in [5.41, 5.74) is 2.82. The molecule has 4 aliphatic rings. The Hall–Kier alpha value is -2.09. The van der Waals surface area contributed by atoms with Crippen LogP contribution in [0.5, 0.6) is 0 Å². The van der Waals surface area contributed by atoms with E-state index in [2.05, 4.69) is 50.0 Å². The Morgan fingerprint density at radius 1 is 1.14 bits per heavy atom. The van der Waals surface area contributed by atoms with E-state index in [9.17, 15) is 25.2 Å². The highest BCUT2D eigenvalue weighted by Crippen LogP contribution is 2.67. The number of carbonyl (C=O) groups excluding carboxylic acids is 1. The predicted octanol–water partition coefficient (Wildman–Crippen LogP) is 5.75. The molecule has 6 nitrogen and oxygen atoms in total. The van der Waals surface area contributed by atoms with Crippen molar-refractivity contribution in [2.45, 2.75) is 96.7 Å². The van der Waals surface area contributed by atoms with E-state index in [1.165, 1.54) is 18.4 Å². The van der Waals surface area contributed by atoms with Crippen molar-refractivity contribution >= 4 is 6.29 Å². The lowest BCUT2D eigenvalue weighted by molar-refractivity contribution is -0.194. The number of carbonyl (C=O) groups is 1. The molecule has 0 aliphatic heterocycles. The van der Waals surface area contributed by atoms with E-state index in [0.717, 1.165) is 42.3 Å². The Labute approximate surface area is 265 Å². The van der Waals surface area contributed by atoms with Gasteiger partial charge < -0.3 is 25.7 Å². The van der Waals surface area contributed by atoms with Gasteiger partial charge in [0.25, 0.3) is 0 Å². The number of allylic oxidation sites excluding steroid dienone is 10. The first-order valence-corrected chi connectivity index (χ1v) is 16.8. The van der Waals surface area contributed by atoms with Crippen molar-refractivity contribution in [3.05, 3.63) is 70.9 Å². The summed E-state index contributed by atoms with van der Waals surface area (Å²) in [4.78, 5) is 12.2. The molecule has 0 saturated heterocycles. The van der Waals surface area contributed by atoms with Crippen molar-refractivity contribution in [1.82, 2.24) is 5.32 Å². The van der Waals surface area contributed by atoms with Crippen LogP contribution >= 0.6 is 0 Å². The van der Waals surface area contributed by atoms with Crippen LogP contribution in [0.2, 0.25) is 0 Å². The van der Waals surface area contributed by atoms with E-state index >= 15 is 0 Å².